The van der Waals surface area contributed by atoms with E-state index in [4.69, 9.17) is 0 Å². The van der Waals surface area contributed by atoms with Gasteiger partial charge in [-0.2, -0.15) is 10.2 Å². The van der Waals surface area contributed by atoms with Gasteiger partial charge in [-0.05, 0) is 20.3 Å². The third-order valence-corrected chi connectivity index (χ3v) is 4.45. The normalized spacial score (nSPS) is 11.6. The quantitative estimate of drug-likeness (QED) is 0.317. The highest BCUT2D eigenvalue weighted by atomic mass is 16.6. The summed E-state index contributed by atoms with van der Waals surface area (Å²) >= 11 is 0. The molecule has 0 saturated carbocycles. The Morgan fingerprint density at radius 3 is 1.55 bits per heavy atom. The van der Waals surface area contributed by atoms with Crippen molar-refractivity contribution in [3.63, 3.8) is 0 Å². The van der Waals surface area contributed by atoms with E-state index in [-0.39, 0.29) is 30.6 Å². The Morgan fingerprint density at radius 2 is 1.18 bits per heavy atom. The number of nitro groups is 2. The Hall–Kier alpha value is -4.48. The fraction of sp³-hybridized carbons (Fsp3) is 0.238. The fourth-order valence-corrected chi connectivity index (χ4v) is 2.63. The lowest BCUT2D eigenvalue weighted by atomic mass is 10.1. The maximum atomic E-state index is 11.9. The van der Waals surface area contributed by atoms with Crippen LogP contribution in [0, 0.1) is 20.2 Å². The average molecular weight is 454 g/mol. The highest BCUT2D eigenvalue weighted by Crippen LogP contribution is 2.14. The van der Waals surface area contributed by atoms with Crippen LogP contribution in [0.5, 0.6) is 0 Å². The van der Waals surface area contributed by atoms with Crippen molar-refractivity contribution in [1.29, 1.82) is 0 Å². The lowest BCUT2D eigenvalue weighted by molar-refractivity contribution is -0.385. The van der Waals surface area contributed by atoms with E-state index in [9.17, 15) is 29.8 Å². The number of rotatable bonds is 10. The zero-order valence-corrected chi connectivity index (χ0v) is 18.0. The van der Waals surface area contributed by atoms with Crippen molar-refractivity contribution in [2.45, 2.75) is 33.1 Å². The number of nitro benzene ring substituents is 2. The van der Waals surface area contributed by atoms with Crippen molar-refractivity contribution in [3.8, 4) is 0 Å². The van der Waals surface area contributed by atoms with Gasteiger partial charge < -0.3 is 0 Å². The van der Waals surface area contributed by atoms with Gasteiger partial charge in [-0.15, -0.1) is 0 Å². The Kier molecular flexibility index (Phi) is 8.85. The molecule has 172 valence electrons. The van der Waals surface area contributed by atoms with Crippen LogP contribution in [0.1, 0.15) is 44.2 Å². The minimum Gasteiger partial charge on any atom is -0.273 e. The summed E-state index contributed by atoms with van der Waals surface area (Å²) in [6.07, 6.45) is 0.313. The van der Waals surface area contributed by atoms with Gasteiger partial charge in [0, 0.05) is 48.2 Å². The number of hydrogen-bond donors (Lipinski definition) is 2. The molecule has 33 heavy (non-hydrogen) atoms. The third kappa shape index (κ3) is 7.94. The highest BCUT2D eigenvalue weighted by Gasteiger charge is 2.10. The molecule has 0 aliphatic heterocycles. The van der Waals surface area contributed by atoms with E-state index in [1.54, 1.807) is 26.0 Å². The van der Waals surface area contributed by atoms with E-state index in [1.807, 2.05) is 0 Å². The second kappa shape index (κ2) is 11.8. The number of hydrogen-bond acceptors (Lipinski definition) is 8. The van der Waals surface area contributed by atoms with Crippen LogP contribution in [0.4, 0.5) is 11.4 Å². The summed E-state index contributed by atoms with van der Waals surface area (Å²) in [6, 6.07) is 11.7. The molecular formula is C21H22N6O6. The van der Waals surface area contributed by atoms with Crippen LogP contribution < -0.4 is 10.9 Å². The Bertz CT molecular complexity index is 1040. The second-order valence-corrected chi connectivity index (χ2v) is 6.93. The second-order valence-electron chi connectivity index (χ2n) is 6.93. The summed E-state index contributed by atoms with van der Waals surface area (Å²) in [5, 5.41) is 29.5. The van der Waals surface area contributed by atoms with E-state index in [0.717, 1.165) is 0 Å². The zero-order valence-electron chi connectivity index (χ0n) is 18.0. The van der Waals surface area contributed by atoms with Crippen molar-refractivity contribution in [2.75, 3.05) is 0 Å². The zero-order chi connectivity index (χ0) is 24.4. The molecule has 2 rings (SSSR count). The monoisotopic (exact) mass is 454 g/mol. The van der Waals surface area contributed by atoms with Gasteiger partial charge in [0.25, 0.3) is 11.4 Å². The van der Waals surface area contributed by atoms with Crippen LogP contribution in [0.3, 0.4) is 0 Å². The summed E-state index contributed by atoms with van der Waals surface area (Å²) in [5.41, 5.74) is 6.35. The lowest BCUT2D eigenvalue weighted by Crippen LogP contribution is -2.22. The number of amides is 2. The number of hydrazone groups is 2. The van der Waals surface area contributed by atoms with Crippen molar-refractivity contribution >= 4 is 34.6 Å². The first kappa shape index (κ1) is 24.8. The van der Waals surface area contributed by atoms with Crippen molar-refractivity contribution in [1.82, 2.24) is 10.9 Å². The van der Waals surface area contributed by atoms with Gasteiger partial charge in [0.15, 0.2) is 0 Å². The number of carbonyl (C=O) groups is 2. The molecule has 0 aliphatic carbocycles. The van der Waals surface area contributed by atoms with Gasteiger partial charge >= 0.3 is 0 Å². The maximum Gasteiger partial charge on any atom is 0.270 e. The molecule has 0 fully saturated rings. The number of non-ortho nitro benzene ring substituents is 2. The molecule has 0 aliphatic rings. The molecule has 2 amide bonds. The van der Waals surface area contributed by atoms with Crippen LogP contribution in [0.15, 0.2) is 58.7 Å². The molecule has 12 heteroatoms. The van der Waals surface area contributed by atoms with E-state index in [0.29, 0.717) is 22.6 Å². The molecule has 0 saturated heterocycles. The minimum atomic E-state index is -0.518. The smallest absolute Gasteiger partial charge is 0.270 e. The average Bonchev–Trinajstić information content (AvgIpc) is 2.81. The van der Waals surface area contributed by atoms with Crippen LogP contribution in [-0.2, 0) is 9.59 Å². The SMILES string of the molecule is CC(=NNC(=O)CCCC(=O)NN=C(C)c1cccc([N+](=O)[O-])c1)c1cccc([N+](=O)[O-])c1. The topological polar surface area (TPSA) is 169 Å². The summed E-state index contributed by atoms with van der Waals surface area (Å²) in [6.45, 7) is 3.21. The van der Waals surface area contributed by atoms with E-state index in [1.165, 1.54) is 36.4 Å². The number of carbonyl (C=O) groups excluding carboxylic acids is 2. The van der Waals surface area contributed by atoms with Gasteiger partial charge in [0.1, 0.15) is 0 Å². The first-order chi connectivity index (χ1) is 15.7. The lowest BCUT2D eigenvalue weighted by Gasteiger charge is -2.04. The summed E-state index contributed by atoms with van der Waals surface area (Å²) < 4.78 is 0. The Labute approximate surface area is 188 Å². The summed E-state index contributed by atoms with van der Waals surface area (Å²) in [7, 11) is 0. The number of nitrogens with one attached hydrogen (secondary N) is 2. The van der Waals surface area contributed by atoms with Gasteiger partial charge in [-0.1, -0.05) is 24.3 Å². The van der Waals surface area contributed by atoms with Crippen LogP contribution in [0.2, 0.25) is 0 Å². The van der Waals surface area contributed by atoms with E-state index in [2.05, 4.69) is 21.1 Å². The minimum absolute atomic E-state index is 0.0344. The maximum absolute atomic E-state index is 11.9. The molecule has 0 spiro atoms. The molecule has 0 atom stereocenters. The van der Waals surface area contributed by atoms with Crippen molar-refractivity contribution < 1.29 is 19.4 Å². The molecule has 0 aromatic heterocycles. The molecule has 0 unspecified atom stereocenters. The van der Waals surface area contributed by atoms with Gasteiger partial charge in [0.2, 0.25) is 11.8 Å². The first-order valence-corrected chi connectivity index (χ1v) is 9.83. The van der Waals surface area contributed by atoms with Gasteiger partial charge in [-0.25, -0.2) is 10.9 Å². The van der Waals surface area contributed by atoms with Gasteiger partial charge in [0.05, 0.1) is 21.3 Å². The third-order valence-electron chi connectivity index (χ3n) is 4.45. The van der Waals surface area contributed by atoms with Crippen molar-refractivity contribution in [2.24, 2.45) is 10.2 Å². The summed E-state index contributed by atoms with van der Waals surface area (Å²) in [4.78, 5) is 44.5. The standard InChI is InChI=1S/C21H22N6O6/c1-14(16-6-3-8-18(12-16)26(30)31)22-24-20(28)10-5-11-21(29)25-23-15(2)17-7-4-9-19(13-17)27(32)33/h3-4,6-9,12-13H,5,10-11H2,1-2H3,(H,24,28)(H,25,29). The number of benzene rings is 2. The van der Waals surface area contributed by atoms with Crippen LogP contribution in [-0.4, -0.2) is 33.1 Å². The fourth-order valence-electron chi connectivity index (χ4n) is 2.63. The highest BCUT2D eigenvalue weighted by molar-refractivity contribution is 6.00. The molecule has 2 N–H and O–H groups in total. The predicted molar refractivity (Wildman–Crippen MR) is 121 cm³/mol. The Balaban J connectivity index is 1.79. The van der Waals surface area contributed by atoms with E-state index < -0.39 is 21.7 Å². The van der Waals surface area contributed by atoms with Crippen LogP contribution >= 0.6 is 0 Å². The van der Waals surface area contributed by atoms with E-state index >= 15 is 0 Å². The molecule has 0 radical (unpaired) electrons. The molecule has 0 bridgehead atoms. The molecule has 2 aromatic carbocycles. The number of nitrogens with zero attached hydrogens (tertiary/aromatic N) is 4. The van der Waals surface area contributed by atoms with Crippen LogP contribution in [0.25, 0.3) is 0 Å². The summed E-state index contributed by atoms with van der Waals surface area (Å²) in [5.74, 6) is -0.826. The van der Waals surface area contributed by atoms with Crippen molar-refractivity contribution in [3.05, 3.63) is 79.9 Å². The molecular weight excluding hydrogens is 432 g/mol. The predicted octanol–water partition coefficient (Wildman–Crippen LogP) is 3.05. The first-order valence-electron chi connectivity index (χ1n) is 9.83. The van der Waals surface area contributed by atoms with Gasteiger partial charge in [-0.3, -0.25) is 29.8 Å². The largest absolute Gasteiger partial charge is 0.273 e. The molecule has 12 nitrogen and oxygen atoms in total. The Morgan fingerprint density at radius 1 is 0.788 bits per heavy atom. The molecule has 0 heterocycles. The molecule has 2 aromatic rings.